The van der Waals surface area contributed by atoms with Gasteiger partial charge in [-0.15, -0.1) is 0 Å². The molecular formula is C18H38N6O10. The number of aliphatic hydroxyl groups excluding tert-OH is 5. The molecule has 0 radical (unpaired) electrons. The van der Waals surface area contributed by atoms with E-state index in [0.717, 1.165) is 0 Å². The lowest BCUT2D eigenvalue weighted by Crippen LogP contribution is -2.70. The van der Waals surface area contributed by atoms with Crippen molar-refractivity contribution in [1.82, 2.24) is 0 Å². The second-order valence-corrected chi connectivity index (χ2v) is 8.75. The fraction of sp³-hybridized carbons (Fsp3) is 1.00. The summed E-state index contributed by atoms with van der Waals surface area (Å²) in [6, 6.07) is -3.55. The van der Waals surface area contributed by atoms with Gasteiger partial charge in [0, 0.05) is 19.6 Å². The summed E-state index contributed by atoms with van der Waals surface area (Å²) in [5.41, 5.74) is 34.9. The smallest absolute Gasteiger partial charge is 0.176 e. The molecule has 16 nitrogen and oxygen atoms in total. The van der Waals surface area contributed by atoms with E-state index in [1.807, 2.05) is 0 Å². The van der Waals surface area contributed by atoms with Gasteiger partial charge in [-0.1, -0.05) is 0 Å². The number of ether oxygens (including phenoxy) is 5. The van der Waals surface area contributed by atoms with E-state index in [1.54, 1.807) is 0 Å². The molecule has 3 saturated heterocycles. The molecule has 3 heterocycles. The van der Waals surface area contributed by atoms with Crippen molar-refractivity contribution in [2.45, 2.75) is 91.9 Å². The van der Waals surface area contributed by atoms with Gasteiger partial charge >= 0.3 is 0 Å². The maximum atomic E-state index is 10.9. The average Bonchev–Trinajstić information content (AvgIpc) is 2.83. The average molecular weight is 499 g/mol. The van der Waals surface area contributed by atoms with E-state index in [9.17, 15) is 25.5 Å². The lowest BCUT2D eigenvalue weighted by atomic mass is 9.94. The van der Waals surface area contributed by atoms with Gasteiger partial charge in [-0.2, -0.15) is 0 Å². The van der Waals surface area contributed by atoms with Crippen molar-refractivity contribution in [1.29, 1.82) is 0 Å². The van der Waals surface area contributed by atoms with Gasteiger partial charge in [0.25, 0.3) is 0 Å². The van der Waals surface area contributed by atoms with Crippen LogP contribution in [0.2, 0.25) is 0 Å². The number of hydrogen-bond donors (Lipinski definition) is 11. The Balaban J connectivity index is 1.72. The zero-order valence-electron chi connectivity index (χ0n) is 18.5. The Labute approximate surface area is 196 Å². The minimum atomic E-state index is -1.45. The summed E-state index contributed by atoms with van der Waals surface area (Å²) in [6.45, 7) is -0.380. The number of hydrogen-bond acceptors (Lipinski definition) is 16. The number of nitrogens with two attached hydrogens (primary N) is 6. The predicted molar refractivity (Wildman–Crippen MR) is 113 cm³/mol. The molecule has 0 aliphatic carbocycles. The molecular weight excluding hydrogens is 460 g/mol. The van der Waals surface area contributed by atoms with Crippen LogP contribution in [0, 0.1) is 0 Å². The first kappa shape index (κ1) is 27.9. The molecule has 15 atom stereocenters. The highest BCUT2D eigenvalue weighted by molar-refractivity contribution is 4.99. The molecule has 16 heteroatoms. The van der Waals surface area contributed by atoms with Gasteiger partial charge in [0.1, 0.15) is 54.9 Å². The molecule has 0 bridgehead atoms. The van der Waals surface area contributed by atoms with Gasteiger partial charge in [-0.3, -0.25) is 0 Å². The van der Waals surface area contributed by atoms with Crippen LogP contribution in [0.3, 0.4) is 0 Å². The van der Waals surface area contributed by atoms with Crippen molar-refractivity contribution in [2.75, 3.05) is 19.6 Å². The lowest BCUT2D eigenvalue weighted by Gasteiger charge is -2.48. The zero-order valence-corrected chi connectivity index (χ0v) is 18.5. The van der Waals surface area contributed by atoms with E-state index in [2.05, 4.69) is 0 Å². The second-order valence-electron chi connectivity index (χ2n) is 8.75. The van der Waals surface area contributed by atoms with Crippen molar-refractivity contribution in [3.8, 4) is 0 Å². The maximum Gasteiger partial charge on any atom is 0.176 e. The van der Waals surface area contributed by atoms with Gasteiger partial charge < -0.3 is 83.6 Å². The number of aliphatic hydroxyl groups is 5. The molecule has 3 rings (SSSR count). The summed E-state index contributed by atoms with van der Waals surface area (Å²) in [5.74, 6) is 0. The Bertz CT molecular complexity index is 650. The van der Waals surface area contributed by atoms with Gasteiger partial charge in [-0.25, -0.2) is 0 Å². The summed E-state index contributed by atoms with van der Waals surface area (Å²) in [4.78, 5) is 0. The molecule has 3 fully saturated rings. The minimum Gasteiger partial charge on any atom is -0.388 e. The van der Waals surface area contributed by atoms with E-state index in [1.165, 1.54) is 0 Å². The van der Waals surface area contributed by atoms with Crippen LogP contribution in [0.25, 0.3) is 0 Å². The molecule has 3 aliphatic rings. The van der Waals surface area contributed by atoms with Crippen molar-refractivity contribution in [3.63, 3.8) is 0 Å². The second kappa shape index (κ2) is 11.6. The van der Waals surface area contributed by atoms with Crippen LogP contribution in [0.1, 0.15) is 0 Å². The topological polar surface area (TPSA) is 303 Å². The molecule has 0 aromatic rings. The normalized spacial score (nSPS) is 52.5. The van der Waals surface area contributed by atoms with E-state index >= 15 is 0 Å². The van der Waals surface area contributed by atoms with Crippen LogP contribution in [-0.4, -0.2) is 137 Å². The fourth-order valence-corrected chi connectivity index (χ4v) is 4.31. The molecule has 34 heavy (non-hydrogen) atoms. The molecule has 0 saturated carbocycles. The van der Waals surface area contributed by atoms with Gasteiger partial charge in [0.05, 0.1) is 18.1 Å². The summed E-state index contributed by atoms with van der Waals surface area (Å²) in [5, 5.41) is 51.4. The minimum absolute atomic E-state index is 0.116. The third kappa shape index (κ3) is 5.37. The molecule has 0 amide bonds. The summed E-state index contributed by atoms with van der Waals surface area (Å²) >= 11 is 0. The van der Waals surface area contributed by atoms with Gasteiger partial charge in [0.15, 0.2) is 18.9 Å². The van der Waals surface area contributed by atoms with Crippen LogP contribution in [0.5, 0.6) is 0 Å². The van der Waals surface area contributed by atoms with Crippen molar-refractivity contribution in [2.24, 2.45) is 34.4 Å². The molecule has 9 unspecified atom stereocenters. The molecule has 0 spiro atoms. The Morgan fingerprint density at radius 1 is 0.529 bits per heavy atom. The molecule has 0 aromatic carbocycles. The number of rotatable bonds is 7. The van der Waals surface area contributed by atoms with Crippen molar-refractivity contribution in [3.05, 3.63) is 0 Å². The Kier molecular flexibility index (Phi) is 9.54. The van der Waals surface area contributed by atoms with Crippen LogP contribution < -0.4 is 34.4 Å². The quantitative estimate of drug-likeness (QED) is 0.155. The Morgan fingerprint density at radius 3 is 1.44 bits per heavy atom. The van der Waals surface area contributed by atoms with Crippen LogP contribution in [0.4, 0.5) is 0 Å². The van der Waals surface area contributed by atoms with Crippen molar-refractivity contribution < 1.29 is 49.2 Å². The molecule has 3 aliphatic heterocycles. The molecule has 17 N–H and O–H groups in total. The highest BCUT2D eigenvalue weighted by Gasteiger charge is 2.51. The summed E-state index contributed by atoms with van der Waals surface area (Å²) in [7, 11) is 0. The first-order valence-electron chi connectivity index (χ1n) is 11.1. The molecule has 200 valence electrons. The van der Waals surface area contributed by atoms with Crippen molar-refractivity contribution >= 4 is 0 Å². The van der Waals surface area contributed by atoms with Gasteiger partial charge in [0.2, 0.25) is 0 Å². The van der Waals surface area contributed by atoms with E-state index in [0.29, 0.717) is 0 Å². The first-order chi connectivity index (χ1) is 16.0. The van der Waals surface area contributed by atoms with E-state index in [4.69, 9.17) is 58.1 Å². The first-order valence-corrected chi connectivity index (χ1v) is 11.1. The third-order valence-corrected chi connectivity index (χ3v) is 6.49. The predicted octanol–water partition coefficient (Wildman–Crippen LogP) is -7.77. The standard InChI is InChI=1S/C18H38N6O10/c19-1-4-10(25)11(26)8(23)17(31-4)34-15-6(3-21)32-18(9(24)13(15)28)33-14-5(2-20)30-16(29)7(22)12(14)27/h4-18,25-29H,1-3,19-24H2/t4?,5?,6?,7?,8?,9?,10-,11?,12?,13?,14-,15-,16+,17-,18-/m1/s1. The molecule has 0 aromatic heterocycles. The summed E-state index contributed by atoms with van der Waals surface area (Å²) in [6.07, 6.45) is -14.6. The Morgan fingerprint density at radius 2 is 0.941 bits per heavy atom. The van der Waals surface area contributed by atoms with Crippen LogP contribution in [-0.2, 0) is 23.7 Å². The fourth-order valence-electron chi connectivity index (χ4n) is 4.31. The lowest BCUT2D eigenvalue weighted by molar-refractivity contribution is -0.341. The monoisotopic (exact) mass is 498 g/mol. The summed E-state index contributed by atoms with van der Waals surface area (Å²) < 4.78 is 28.3. The van der Waals surface area contributed by atoms with E-state index in [-0.39, 0.29) is 19.6 Å². The highest BCUT2D eigenvalue weighted by Crippen LogP contribution is 2.30. The maximum absolute atomic E-state index is 10.9. The Hall–Kier alpha value is -0.640. The zero-order chi connectivity index (χ0) is 25.3. The largest absolute Gasteiger partial charge is 0.388 e. The third-order valence-electron chi connectivity index (χ3n) is 6.49. The van der Waals surface area contributed by atoms with Gasteiger partial charge in [-0.05, 0) is 0 Å². The highest BCUT2D eigenvalue weighted by atomic mass is 16.7. The van der Waals surface area contributed by atoms with Crippen LogP contribution >= 0.6 is 0 Å². The van der Waals surface area contributed by atoms with Crippen LogP contribution in [0.15, 0.2) is 0 Å². The SMILES string of the molecule is NCC1O[C@H](O[C@@H]2C(CN)O[C@H](O[C@@H]3C(CN)O[C@H](O)C(N)C3O)C(N)C2O)C(N)C(O)[C@@H]1O. The van der Waals surface area contributed by atoms with E-state index < -0.39 is 91.9 Å².